The number of fused-ring (bicyclic) bond motifs is 1. The van der Waals surface area contributed by atoms with Crippen LogP contribution in [0.25, 0.3) is 0 Å². The number of hydrogen-bond donors (Lipinski definition) is 0. The van der Waals surface area contributed by atoms with Crippen LogP contribution in [0.3, 0.4) is 0 Å². The van der Waals surface area contributed by atoms with Crippen LogP contribution in [0, 0.1) is 5.82 Å². The third kappa shape index (κ3) is 2.25. The molecule has 0 unspecified atom stereocenters. The SMILES string of the molecule is CN1CCc2cccc(F)c2CC1.Cl. The van der Waals surface area contributed by atoms with Crippen LogP contribution in [0.4, 0.5) is 4.39 Å². The second-order valence-corrected chi connectivity index (χ2v) is 3.68. The van der Waals surface area contributed by atoms with E-state index < -0.39 is 0 Å². The number of benzene rings is 1. The number of halogens is 2. The highest BCUT2D eigenvalue weighted by molar-refractivity contribution is 5.85. The molecule has 2 rings (SSSR count). The Hall–Kier alpha value is -0.600. The Kier molecular flexibility index (Phi) is 3.90. The van der Waals surface area contributed by atoms with Crippen LogP contribution in [0.15, 0.2) is 18.2 Å². The second kappa shape index (κ2) is 4.76. The van der Waals surface area contributed by atoms with Crippen molar-refractivity contribution in [2.45, 2.75) is 12.8 Å². The lowest BCUT2D eigenvalue weighted by Gasteiger charge is -2.10. The molecule has 0 atom stereocenters. The maximum absolute atomic E-state index is 13.4. The highest BCUT2D eigenvalue weighted by Gasteiger charge is 2.13. The van der Waals surface area contributed by atoms with E-state index in [1.807, 2.05) is 6.07 Å². The van der Waals surface area contributed by atoms with Crippen molar-refractivity contribution in [2.24, 2.45) is 0 Å². The topological polar surface area (TPSA) is 3.24 Å². The minimum absolute atomic E-state index is 0. The largest absolute Gasteiger partial charge is 0.306 e. The molecule has 0 bridgehead atoms. The van der Waals surface area contributed by atoms with Crippen LogP contribution in [0.5, 0.6) is 0 Å². The molecule has 1 nitrogen and oxygen atoms in total. The molecule has 1 aliphatic heterocycles. The van der Waals surface area contributed by atoms with Crippen molar-refractivity contribution >= 4 is 12.4 Å². The molecule has 0 saturated heterocycles. The van der Waals surface area contributed by atoms with Crippen LogP contribution in [-0.4, -0.2) is 25.0 Å². The summed E-state index contributed by atoms with van der Waals surface area (Å²) in [5.74, 6) is -0.0344. The predicted molar refractivity (Wildman–Crippen MR) is 58.6 cm³/mol. The van der Waals surface area contributed by atoms with E-state index in [2.05, 4.69) is 11.9 Å². The summed E-state index contributed by atoms with van der Waals surface area (Å²) in [4.78, 5) is 2.25. The van der Waals surface area contributed by atoms with E-state index >= 15 is 0 Å². The molecule has 1 aliphatic rings. The van der Waals surface area contributed by atoms with Crippen molar-refractivity contribution < 1.29 is 4.39 Å². The van der Waals surface area contributed by atoms with Crippen LogP contribution in [0.1, 0.15) is 11.1 Å². The molecule has 3 heteroatoms. The van der Waals surface area contributed by atoms with Gasteiger partial charge in [-0.1, -0.05) is 12.1 Å². The summed E-state index contributed by atoms with van der Waals surface area (Å²) in [6.45, 7) is 2.00. The summed E-state index contributed by atoms with van der Waals surface area (Å²) in [6, 6.07) is 5.40. The van der Waals surface area contributed by atoms with Gasteiger partial charge in [0.15, 0.2) is 0 Å². The molecule has 0 radical (unpaired) electrons. The zero-order chi connectivity index (χ0) is 9.26. The van der Waals surface area contributed by atoms with Gasteiger partial charge in [-0.05, 0) is 37.1 Å². The van der Waals surface area contributed by atoms with Crippen molar-refractivity contribution in [3.05, 3.63) is 35.1 Å². The highest BCUT2D eigenvalue weighted by atomic mass is 35.5. The maximum atomic E-state index is 13.4. The van der Waals surface area contributed by atoms with E-state index in [0.29, 0.717) is 0 Å². The van der Waals surface area contributed by atoms with Crippen LogP contribution < -0.4 is 0 Å². The molecule has 78 valence electrons. The molecular formula is C11H15ClFN. The quantitative estimate of drug-likeness (QED) is 0.642. The maximum Gasteiger partial charge on any atom is 0.126 e. The first-order valence-electron chi connectivity index (χ1n) is 4.72. The van der Waals surface area contributed by atoms with E-state index in [9.17, 15) is 4.39 Å². The molecule has 0 saturated carbocycles. The van der Waals surface area contributed by atoms with Gasteiger partial charge in [0.25, 0.3) is 0 Å². The number of hydrogen-bond acceptors (Lipinski definition) is 1. The Morgan fingerprint density at radius 2 is 1.93 bits per heavy atom. The van der Waals surface area contributed by atoms with Crippen molar-refractivity contribution in [3.8, 4) is 0 Å². The van der Waals surface area contributed by atoms with Gasteiger partial charge in [-0.25, -0.2) is 4.39 Å². The minimum Gasteiger partial charge on any atom is -0.306 e. The zero-order valence-electron chi connectivity index (χ0n) is 8.29. The fourth-order valence-electron chi connectivity index (χ4n) is 1.84. The Bertz CT molecular complexity index is 314. The van der Waals surface area contributed by atoms with Crippen molar-refractivity contribution in [1.29, 1.82) is 0 Å². The van der Waals surface area contributed by atoms with Gasteiger partial charge < -0.3 is 4.90 Å². The Morgan fingerprint density at radius 1 is 1.21 bits per heavy atom. The Morgan fingerprint density at radius 3 is 2.71 bits per heavy atom. The van der Waals surface area contributed by atoms with Gasteiger partial charge in [-0.3, -0.25) is 0 Å². The normalized spacial score (nSPS) is 16.7. The summed E-state index contributed by atoms with van der Waals surface area (Å²) < 4.78 is 13.4. The van der Waals surface area contributed by atoms with Crippen LogP contribution >= 0.6 is 12.4 Å². The van der Waals surface area contributed by atoms with Crippen LogP contribution in [0.2, 0.25) is 0 Å². The van der Waals surface area contributed by atoms with Crippen molar-refractivity contribution in [3.63, 3.8) is 0 Å². The fourth-order valence-corrected chi connectivity index (χ4v) is 1.84. The standard InChI is InChI=1S/C11H14FN.ClH/c1-13-7-5-9-3-2-4-11(12)10(9)6-8-13;/h2-4H,5-8H2,1H3;1H. The average molecular weight is 216 g/mol. The van der Waals surface area contributed by atoms with Crippen molar-refractivity contribution in [1.82, 2.24) is 4.90 Å². The highest BCUT2D eigenvalue weighted by Crippen LogP contribution is 2.18. The first-order valence-corrected chi connectivity index (χ1v) is 4.72. The van der Waals surface area contributed by atoms with E-state index in [4.69, 9.17) is 0 Å². The van der Waals surface area contributed by atoms with Crippen LogP contribution in [-0.2, 0) is 12.8 Å². The molecule has 0 aromatic heterocycles. The van der Waals surface area contributed by atoms with Gasteiger partial charge in [-0.2, -0.15) is 0 Å². The van der Waals surface area contributed by atoms with Gasteiger partial charge in [0.2, 0.25) is 0 Å². The fraction of sp³-hybridized carbons (Fsp3) is 0.455. The molecule has 0 N–H and O–H groups in total. The average Bonchev–Trinajstić information content (AvgIpc) is 2.30. The third-order valence-corrected chi connectivity index (χ3v) is 2.72. The lowest BCUT2D eigenvalue weighted by molar-refractivity contribution is 0.351. The minimum atomic E-state index is -0.0344. The summed E-state index contributed by atoms with van der Waals surface area (Å²) >= 11 is 0. The van der Waals surface area contributed by atoms with E-state index in [1.165, 1.54) is 5.56 Å². The summed E-state index contributed by atoms with van der Waals surface area (Å²) in [5.41, 5.74) is 2.11. The molecule has 1 aromatic rings. The molecule has 0 spiro atoms. The molecule has 1 heterocycles. The second-order valence-electron chi connectivity index (χ2n) is 3.68. The van der Waals surface area contributed by atoms with Gasteiger partial charge in [0, 0.05) is 13.1 Å². The van der Waals surface area contributed by atoms with Gasteiger partial charge in [0.1, 0.15) is 5.82 Å². The lowest BCUT2D eigenvalue weighted by Crippen LogP contribution is -2.20. The molecule has 14 heavy (non-hydrogen) atoms. The smallest absolute Gasteiger partial charge is 0.126 e. The molecular weight excluding hydrogens is 201 g/mol. The molecule has 0 fully saturated rings. The number of nitrogens with zero attached hydrogens (tertiary/aromatic N) is 1. The molecule has 0 amide bonds. The summed E-state index contributed by atoms with van der Waals surface area (Å²) in [7, 11) is 2.09. The van der Waals surface area contributed by atoms with E-state index in [1.54, 1.807) is 12.1 Å². The number of likely N-dealkylation sites (N-methyl/N-ethyl adjacent to an activating group) is 1. The lowest BCUT2D eigenvalue weighted by atomic mass is 10.0. The van der Waals surface area contributed by atoms with Gasteiger partial charge >= 0.3 is 0 Å². The monoisotopic (exact) mass is 215 g/mol. The first kappa shape index (κ1) is 11.5. The van der Waals surface area contributed by atoms with E-state index in [0.717, 1.165) is 31.5 Å². The van der Waals surface area contributed by atoms with Crippen molar-refractivity contribution in [2.75, 3.05) is 20.1 Å². The third-order valence-electron chi connectivity index (χ3n) is 2.72. The summed E-state index contributed by atoms with van der Waals surface area (Å²) in [6.07, 6.45) is 1.82. The molecule has 0 aliphatic carbocycles. The number of rotatable bonds is 0. The summed E-state index contributed by atoms with van der Waals surface area (Å²) in [5, 5.41) is 0. The Balaban J connectivity index is 0.000000980. The molecule has 1 aromatic carbocycles. The van der Waals surface area contributed by atoms with Gasteiger partial charge in [-0.15, -0.1) is 12.4 Å². The van der Waals surface area contributed by atoms with E-state index in [-0.39, 0.29) is 18.2 Å². The first-order chi connectivity index (χ1) is 6.27. The van der Waals surface area contributed by atoms with Gasteiger partial charge in [0.05, 0.1) is 0 Å². The predicted octanol–water partition coefficient (Wildman–Crippen LogP) is 2.28. The Labute approximate surface area is 90.3 Å². The zero-order valence-corrected chi connectivity index (χ0v) is 9.11.